The molecule has 0 saturated carbocycles. The Morgan fingerprint density at radius 2 is 2.03 bits per heavy atom. The molecule has 3 aromatic rings. The summed E-state index contributed by atoms with van der Waals surface area (Å²) in [5.74, 6) is -0.909. The molecular formula is C24H24N4O7. The number of rotatable bonds is 9. The van der Waals surface area contributed by atoms with E-state index in [1.54, 1.807) is 13.2 Å². The summed E-state index contributed by atoms with van der Waals surface area (Å²) in [6.07, 6.45) is -1.59. The number of hydrogen-bond donors (Lipinski definition) is 3. The molecular weight excluding hydrogens is 456 g/mol. The summed E-state index contributed by atoms with van der Waals surface area (Å²) in [7, 11) is 1.58. The Bertz CT molecular complexity index is 1240. The maximum atomic E-state index is 12.7. The predicted molar refractivity (Wildman–Crippen MR) is 124 cm³/mol. The molecule has 1 aliphatic heterocycles. The lowest BCUT2D eigenvalue weighted by molar-refractivity contribution is -0.144. The van der Waals surface area contributed by atoms with Gasteiger partial charge in [-0.2, -0.15) is 0 Å². The van der Waals surface area contributed by atoms with Crippen LogP contribution in [0.3, 0.4) is 0 Å². The van der Waals surface area contributed by atoms with Crippen molar-refractivity contribution in [1.82, 2.24) is 10.3 Å². The maximum Gasteiger partial charge on any atom is 0.259 e. The maximum absolute atomic E-state index is 12.7. The molecule has 35 heavy (non-hydrogen) atoms. The Labute approximate surface area is 200 Å². The molecule has 0 radical (unpaired) electrons. The Morgan fingerprint density at radius 3 is 2.80 bits per heavy atom. The van der Waals surface area contributed by atoms with Crippen molar-refractivity contribution in [2.24, 2.45) is 5.18 Å². The number of benzene rings is 2. The van der Waals surface area contributed by atoms with Gasteiger partial charge in [0.05, 0.1) is 19.3 Å². The summed E-state index contributed by atoms with van der Waals surface area (Å²) in [5.41, 5.74) is 2.87. The molecule has 11 heteroatoms. The van der Waals surface area contributed by atoms with E-state index in [1.807, 2.05) is 24.3 Å². The van der Waals surface area contributed by atoms with Gasteiger partial charge in [-0.05, 0) is 35.4 Å². The standard InChI is InChI=1S/C24H24N4O7/c1-34-19-5-3-2-4-15(19)10-17-13-35-20(26-17)12-25-23(31)21(29)22(30)24(32)28-9-8-14-6-7-16(27-33)11-18(14)28/h2-7,11,13,21-22,29-30H,8-10,12H2,1H3,(H,25,31)/t21-,22-/m1/s1. The van der Waals surface area contributed by atoms with Crippen molar-refractivity contribution in [2.45, 2.75) is 31.6 Å². The van der Waals surface area contributed by atoms with Crippen LogP contribution in [0.1, 0.15) is 22.7 Å². The van der Waals surface area contributed by atoms with Gasteiger partial charge >= 0.3 is 0 Å². The third-order valence-corrected chi connectivity index (χ3v) is 5.73. The van der Waals surface area contributed by atoms with Gasteiger partial charge in [-0.25, -0.2) is 4.98 Å². The predicted octanol–water partition coefficient (Wildman–Crippen LogP) is 1.60. The van der Waals surface area contributed by atoms with Crippen molar-refractivity contribution in [3.63, 3.8) is 0 Å². The molecule has 2 aromatic carbocycles. The largest absolute Gasteiger partial charge is 0.496 e. The molecule has 11 nitrogen and oxygen atoms in total. The highest BCUT2D eigenvalue weighted by molar-refractivity contribution is 6.01. The lowest BCUT2D eigenvalue weighted by atomic mass is 10.1. The minimum absolute atomic E-state index is 0.132. The minimum atomic E-state index is -2.01. The topological polar surface area (TPSA) is 155 Å². The van der Waals surface area contributed by atoms with E-state index in [4.69, 9.17) is 9.15 Å². The first-order valence-corrected chi connectivity index (χ1v) is 10.9. The number of methoxy groups -OCH3 is 1. The van der Waals surface area contributed by atoms with Gasteiger partial charge in [-0.15, -0.1) is 4.91 Å². The van der Waals surface area contributed by atoms with Crippen LogP contribution in [0.2, 0.25) is 0 Å². The van der Waals surface area contributed by atoms with Gasteiger partial charge in [-0.3, -0.25) is 9.59 Å². The zero-order valence-corrected chi connectivity index (χ0v) is 18.9. The highest BCUT2D eigenvalue weighted by Gasteiger charge is 2.36. The lowest BCUT2D eigenvalue weighted by Crippen LogP contribution is -2.50. The summed E-state index contributed by atoms with van der Waals surface area (Å²) in [5, 5.41) is 25.9. The van der Waals surface area contributed by atoms with Gasteiger partial charge in [0.1, 0.15) is 17.7 Å². The third kappa shape index (κ3) is 5.20. The van der Waals surface area contributed by atoms with Crippen LogP contribution < -0.4 is 15.0 Å². The first kappa shape index (κ1) is 24.0. The number of hydrogen-bond acceptors (Lipinski definition) is 9. The van der Waals surface area contributed by atoms with Crippen molar-refractivity contribution in [2.75, 3.05) is 18.6 Å². The van der Waals surface area contributed by atoms with E-state index in [0.717, 1.165) is 11.1 Å². The minimum Gasteiger partial charge on any atom is -0.496 e. The number of fused-ring (bicyclic) bond motifs is 1. The molecule has 2 heterocycles. The number of oxazole rings is 1. The first-order chi connectivity index (χ1) is 16.9. The number of aliphatic hydroxyl groups is 2. The number of amides is 2. The molecule has 0 unspecified atom stereocenters. The zero-order chi connectivity index (χ0) is 24.9. The molecule has 182 valence electrons. The first-order valence-electron chi connectivity index (χ1n) is 10.9. The second-order valence-electron chi connectivity index (χ2n) is 7.97. The van der Waals surface area contributed by atoms with Gasteiger partial charge in [-0.1, -0.05) is 24.3 Å². The van der Waals surface area contributed by atoms with E-state index in [2.05, 4.69) is 15.5 Å². The molecule has 0 spiro atoms. The van der Waals surface area contributed by atoms with Gasteiger partial charge in [0.15, 0.2) is 12.2 Å². The van der Waals surface area contributed by atoms with Gasteiger partial charge in [0.25, 0.3) is 11.8 Å². The van der Waals surface area contributed by atoms with Gasteiger partial charge in [0, 0.05) is 24.2 Å². The molecule has 0 bridgehead atoms. The second-order valence-corrected chi connectivity index (χ2v) is 7.97. The second kappa shape index (κ2) is 10.5. The van der Waals surface area contributed by atoms with Gasteiger partial charge in [0.2, 0.25) is 5.89 Å². The summed E-state index contributed by atoms with van der Waals surface area (Å²) >= 11 is 0. The van der Waals surface area contributed by atoms with Crippen LogP contribution >= 0.6 is 0 Å². The Kier molecular flexibility index (Phi) is 7.18. The van der Waals surface area contributed by atoms with Crippen molar-refractivity contribution < 1.29 is 29.0 Å². The third-order valence-electron chi connectivity index (χ3n) is 5.73. The van der Waals surface area contributed by atoms with Crippen LogP contribution in [0.15, 0.2) is 58.3 Å². The van der Waals surface area contributed by atoms with E-state index in [1.165, 1.54) is 23.3 Å². The Balaban J connectivity index is 1.34. The van der Waals surface area contributed by atoms with Crippen molar-refractivity contribution in [3.8, 4) is 5.75 Å². The fourth-order valence-corrected chi connectivity index (χ4v) is 3.91. The van der Waals surface area contributed by atoms with E-state index >= 15 is 0 Å². The average molecular weight is 480 g/mol. The van der Waals surface area contributed by atoms with E-state index < -0.39 is 24.0 Å². The van der Waals surface area contributed by atoms with Gasteiger partial charge < -0.3 is 29.6 Å². The number of carbonyl (C=O) groups is 2. The quantitative estimate of drug-likeness (QED) is 0.390. The summed E-state index contributed by atoms with van der Waals surface area (Å²) in [4.78, 5) is 41.5. The van der Waals surface area contributed by atoms with Crippen LogP contribution in [-0.2, 0) is 29.0 Å². The van der Waals surface area contributed by atoms with Crippen LogP contribution in [0, 0.1) is 4.91 Å². The number of ether oxygens (including phenoxy) is 1. The van der Waals surface area contributed by atoms with E-state index in [0.29, 0.717) is 30.0 Å². The van der Waals surface area contributed by atoms with Crippen molar-refractivity contribution in [3.05, 3.63) is 76.3 Å². The fourth-order valence-electron chi connectivity index (χ4n) is 3.91. The SMILES string of the molecule is COc1ccccc1Cc1coc(CNC(=O)[C@H](O)[C@@H](O)C(=O)N2CCc3ccc(N=O)cc32)n1. The molecule has 1 aromatic heterocycles. The molecule has 1 aliphatic rings. The molecule has 3 N–H and O–H groups in total. The number of para-hydroxylation sites is 1. The molecule has 2 amide bonds. The number of nitrogens with one attached hydrogen (secondary N) is 1. The van der Waals surface area contributed by atoms with E-state index in [-0.39, 0.29) is 24.7 Å². The van der Waals surface area contributed by atoms with Crippen molar-refractivity contribution >= 4 is 23.2 Å². The van der Waals surface area contributed by atoms with E-state index in [9.17, 15) is 24.7 Å². The molecule has 0 saturated heterocycles. The Hall–Kier alpha value is -4.09. The van der Waals surface area contributed by atoms with Crippen molar-refractivity contribution in [1.29, 1.82) is 0 Å². The summed E-state index contributed by atoms with van der Waals surface area (Å²) in [6.45, 7) is 0.0941. The summed E-state index contributed by atoms with van der Waals surface area (Å²) < 4.78 is 10.7. The zero-order valence-electron chi connectivity index (χ0n) is 18.9. The molecule has 2 atom stereocenters. The summed E-state index contributed by atoms with van der Waals surface area (Å²) in [6, 6.07) is 12.1. The smallest absolute Gasteiger partial charge is 0.259 e. The average Bonchev–Trinajstić information content (AvgIpc) is 3.52. The monoisotopic (exact) mass is 480 g/mol. The number of nitroso groups, excluding NO2 is 1. The number of aliphatic hydroxyl groups excluding tert-OH is 2. The lowest BCUT2D eigenvalue weighted by Gasteiger charge is -2.23. The van der Waals surface area contributed by atoms with Crippen LogP contribution in [0.4, 0.5) is 11.4 Å². The Morgan fingerprint density at radius 1 is 1.23 bits per heavy atom. The fraction of sp³-hybridized carbons (Fsp3) is 0.292. The van der Waals surface area contributed by atoms with Crippen LogP contribution in [0.25, 0.3) is 0 Å². The number of aromatic nitrogens is 1. The molecule has 0 aliphatic carbocycles. The molecule has 4 rings (SSSR count). The number of anilines is 1. The van der Waals surface area contributed by atoms with Crippen LogP contribution in [0.5, 0.6) is 5.75 Å². The molecule has 0 fully saturated rings. The van der Waals surface area contributed by atoms with Crippen LogP contribution in [-0.4, -0.2) is 52.9 Å². The highest BCUT2D eigenvalue weighted by atomic mass is 16.5. The number of nitrogens with zero attached hydrogens (tertiary/aromatic N) is 3. The highest BCUT2D eigenvalue weighted by Crippen LogP contribution is 2.32. The number of carbonyl (C=O) groups excluding carboxylic acids is 2. The normalized spacial score (nSPS) is 14.2.